The molecule has 0 radical (unpaired) electrons. The van der Waals surface area contributed by atoms with Crippen molar-refractivity contribution in [2.75, 3.05) is 0 Å². The Hall–Kier alpha value is -0.0800. The van der Waals surface area contributed by atoms with E-state index in [1.165, 1.54) is 12.8 Å². The molecule has 2 atom stereocenters. The molecule has 1 aliphatic rings. The van der Waals surface area contributed by atoms with Crippen LogP contribution in [-0.4, -0.2) is 22.4 Å². The van der Waals surface area contributed by atoms with E-state index in [-0.39, 0.29) is 5.92 Å². The van der Waals surface area contributed by atoms with E-state index in [9.17, 15) is 10.2 Å². The van der Waals surface area contributed by atoms with Gasteiger partial charge in [0.1, 0.15) is 0 Å². The van der Waals surface area contributed by atoms with Gasteiger partial charge in [-0.25, -0.2) is 0 Å². The zero-order chi connectivity index (χ0) is 9.14. The lowest BCUT2D eigenvalue weighted by molar-refractivity contribution is -0.0136. The van der Waals surface area contributed by atoms with Crippen molar-refractivity contribution < 1.29 is 10.2 Å². The van der Waals surface area contributed by atoms with Crippen molar-refractivity contribution in [3.63, 3.8) is 0 Å². The van der Waals surface area contributed by atoms with Crippen LogP contribution < -0.4 is 0 Å². The molecule has 2 unspecified atom stereocenters. The predicted octanol–water partition coefficient (Wildman–Crippen LogP) is 1.55. The molecule has 72 valence electrons. The molecule has 12 heavy (non-hydrogen) atoms. The Morgan fingerprint density at radius 2 is 1.83 bits per heavy atom. The number of hydrogen-bond acceptors (Lipinski definition) is 2. The van der Waals surface area contributed by atoms with Gasteiger partial charge in [0.05, 0.1) is 12.2 Å². The fourth-order valence-corrected chi connectivity index (χ4v) is 1.43. The molecule has 0 aliphatic heterocycles. The minimum atomic E-state index is -0.538. The highest BCUT2D eigenvalue weighted by molar-refractivity contribution is 4.77. The SMILES string of the molecule is CC(C)C(O)C(O)CCC1CC1. The van der Waals surface area contributed by atoms with E-state index < -0.39 is 12.2 Å². The Labute approximate surface area is 74.6 Å². The first kappa shape index (κ1) is 10.0. The first-order chi connectivity index (χ1) is 5.61. The van der Waals surface area contributed by atoms with Crippen LogP contribution in [0, 0.1) is 11.8 Å². The van der Waals surface area contributed by atoms with Gasteiger partial charge in [0.25, 0.3) is 0 Å². The zero-order valence-electron chi connectivity index (χ0n) is 8.03. The second-order valence-electron chi connectivity index (χ2n) is 4.32. The number of aliphatic hydroxyl groups is 2. The van der Waals surface area contributed by atoms with Crippen LogP contribution in [0.3, 0.4) is 0 Å². The van der Waals surface area contributed by atoms with Gasteiger partial charge in [0.2, 0.25) is 0 Å². The second-order valence-corrected chi connectivity index (χ2v) is 4.32. The molecule has 0 heterocycles. The number of rotatable bonds is 5. The van der Waals surface area contributed by atoms with E-state index in [2.05, 4.69) is 0 Å². The van der Waals surface area contributed by atoms with Gasteiger partial charge in [-0.2, -0.15) is 0 Å². The summed E-state index contributed by atoms with van der Waals surface area (Å²) in [6, 6.07) is 0. The van der Waals surface area contributed by atoms with Crippen molar-refractivity contribution in [2.24, 2.45) is 11.8 Å². The maximum atomic E-state index is 9.51. The summed E-state index contributed by atoms with van der Waals surface area (Å²) in [6.07, 6.45) is 3.46. The largest absolute Gasteiger partial charge is 0.390 e. The van der Waals surface area contributed by atoms with Crippen LogP contribution in [0.4, 0.5) is 0 Å². The molecule has 0 spiro atoms. The van der Waals surface area contributed by atoms with Gasteiger partial charge in [-0.1, -0.05) is 26.7 Å². The molecule has 1 saturated carbocycles. The molecule has 1 rings (SSSR count). The first-order valence-electron chi connectivity index (χ1n) is 4.97. The van der Waals surface area contributed by atoms with Gasteiger partial charge in [-0.05, 0) is 24.7 Å². The Balaban J connectivity index is 2.11. The summed E-state index contributed by atoms with van der Waals surface area (Å²) in [5.74, 6) is 1.01. The summed E-state index contributed by atoms with van der Waals surface area (Å²) in [5.41, 5.74) is 0. The van der Waals surface area contributed by atoms with E-state index in [1.807, 2.05) is 13.8 Å². The average molecular weight is 172 g/mol. The van der Waals surface area contributed by atoms with Gasteiger partial charge >= 0.3 is 0 Å². The molecule has 2 nitrogen and oxygen atoms in total. The lowest BCUT2D eigenvalue weighted by atomic mass is 9.98. The molecular formula is C10H20O2. The fourth-order valence-electron chi connectivity index (χ4n) is 1.43. The molecule has 0 aromatic rings. The van der Waals surface area contributed by atoms with Crippen molar-refractivity contribution in [1.29, 1.82) is 0 Å². The Morgan fingerprint density at radius 1 is 1.25 bits per heavy atom. The molecule has 2 heteroatoms. The molecule has 0 aromatic carbocycles. The summed E-state index contributed by atoms with van der Waals surface area (Å²) in [5, 5.41) is 19.0. The standard InChI is InChI=1S/C10H20O2/c1-7(2)10(12)9(11)6-5-8-3-4-8/h7-12H,3-6H2,1-2H3. The fraction of sp³-hybridized carbons (Fsp3) is 1.00. The lowest BCUT2D eigenvalue weighted by Crippen LogP contribution is -2.30. The van der Waals surface area contributed by atoms with Crippen LogP contribution >= 0.6 is 0 Å². The Kier molecular flexibility index (Phi) is 3.53. The molecular weight excluding hydrogens is 152 g/mol. The molecule has 2 N–H and O–H groups in total. The van der Waals surface area contributed by atoms with Crippen molar-refractivity contribution in [3.05, 3.63) is 0 Å². The number of aliphatic hydroxyl groups excluding tert-OH is 2. The summed E-state index contributed by atoms with van der Waals surface area (Å²) < 4.78 is 0. The van der Waals surface area contributed by atoms with Crippen molar-refractivity contribution in [2.45, 2.75) is 51.7 Å². The third kappa shape index (κ3) is 3.11. The van der Waals surface area contributed by atoms with Crippen LogP contribution in [0.5, 0.6) is 0 Å². The Morgan fingerprint density at radius 3 is 2.25 bits per heavy atom. The highest BCUT2D eigenvalue weighted by atomic mass is 16.3. The zero-order valence-corrected chi connectivity index (χ0v) is 8.03. The van der Waals surface area contributed by atoms with Crippen molar-refractivity contribution in [1.82, 2.24) is 0 Å². The third-order valence-electron chi connectivity index (χ3n) is 2.64. The van der Waals surface area contributed by atoms with E-state index >= 15 is 0 Å². The van der Waals surface area contributed by atoms with Crippen LogP contribution in [0.2, 0.25) is 0 Å². The molecule has 0 saturated heterocycles. The lowest BCUT2D eigenvalue weighted by Gasteiger charge is -2.20. The molecule has 0 bridgehead atoms. The molecule has 1 fully saturated rings. The normalized spacial score (nSPS) is 22.8. The van der Waals surface area contributed by atoms with Gasteiger partial charge in [-0.15, -0.1) is 0 Å². The maximum absolute atomic E-state index is 9.51. The second kappa shape index (κ2) is 4.24. The first-order valence-corrected chi connectivity index (χ1v) is 4.97. The Bertz CT molecular complexity index is 130. The van der Waals surface area contributed by atoms with Gasteiger partial charge in [0, 0.05) is 0 Å². The van der Waals surface area contributed by atoms with Crippen molar-refractivity contribution >= 4 is 0 Å². The van der Waals surface area contributed by atoms with Gasteiger partial charge in [0.15, 0.2) is 0 Å². The summed E-state index contributed by atoms with van der Waals surface area (Å²) in [4.78, 5) is 0. The molecule has 0 amide bonds. The minimum Gasteiger partial charge on any atom is -0.390 e. The smallest absolute Gasteiger partial charge is 0.0821 e. The van der Waals surface area contributed by atoms with E-state index in [1.54, 1.807) is 0 Å². The predicted molar refractivity (Wildman–Crippen MR) is 48.8 cm³/mol. The minimum absolute atomic E-state index is 0.166. The van der Waals surface area contributed by atoms with Crippen molar-refractivity contribution in [3.8, 4) is 0 Å². The summed E-state index contributed by atoms with van der Waals surface area (Å²) >= 11 is 0. The van der Waals surface area contributed by atoms with Crippen LogP contribution in [-0.2, 0) is 0 Å². The third-order valence-corrected chi connectivity index (χ3v) is 2.64. The van der Waals surface area contributed by atoms with Crippen LogP contribution in [0.15, 0.2) is 0 Å². The highest BCUT2D eigenvalue weighted by Gasteiger charge is 2.25. The quantitative estimate of drug-likeness (QED) is 0.660. The highest BCUT2D eigenvalue weighted by Crippen LogP contribution is 2.34. The monoisotopic (exact) mass is 172 g/mol. The van der Waals surface area contributed by atoms with Gasteiger partial charge < -0.3 is 10.2 Å². The van der Waals surface area contributed by atoms with Gasteiger partial charge in [-0.3, -0.25) is 0 Å². The van der Waals surface area contributed by atoms with Crippen LogP contribution in [0.25, 0.3) is 0 Å². The topological polar surface area (TPSA) is 40.5 Å². The molecule has 0 aromatic heterocycles. The van der Waals surface area contributed by atoms with E-state index in [0.29, 0.717) is 0 Å². The average Bonchev–Trinajstić information content (AvgIpc) is 2.81. The van der Waals surface area contributed by atoms with E-state index in [4.69, 9.17) is 0 Å². The van der Waals surface area contributed by atoms with Crippen LogP contribution in [0.1, 0.15) is 39.5 Å². The van der Waals surface area contributed by atoms with E-state index in [0.717, 1.165) is 18.8 Å². The maximum Gasteiger partial charge on any atom is 0.0821 e. The molecule has 1 aliphatic carbocycles. The summed E-state index contributed by atoms with van der Waals surface area (Å²) in [7, 11) is 0. The summed E-state index contributed by atoms with van der Waals surface area (Å²) in [6.45, 7) is 3.87. The number of hydrogen-bond donors (Lipinski definition) is 2.